The first-order valence-electron chi connectivity index (χ1n) is 12.0. The summed E-state index contributed by atoms with van der Waals surface area (Å²) in [5, 5.41) is 1.22. The summed E-state index contributed by atoms with van der Waals surface area (Å²) < 4.78 is 1.93. The summed E-state index contributed by atoms with van der Waals surface area (Å²) in [5.41, 5.74) is 0.819. The minimum atomic E-state index is 0.0520. The number of hydrogen-bond acceptors (Lipinski definition) is 3. The Hall–Kier alpha value is -1.39. The molecule has 30 heavy (non-hydrogen) atoms. The lowest BCUT2D eigenvalue weighted by Crippen LogP contribution is -2.37. The molecule has 1 fully saturated rings. The molecule has 1 saturated heterocycles. The van der Waals surface area contributed by atoms with Crippen molar-refractivity contribution in [1.29, 1.82) is 0 Å². The molecule has 0 saturated carbocycles. The van der Waals surface area contributed by atoms with E-state index in [9.17, 15) is 4.79 Å². The van der Waals surface area contributed by atoms with Crippen molar-refractivity contribution >= 4 is 22.5 Å². The van der Waals surface area contributed by atoms with E-state index in [0.717, 1.165) is 49.6 Å². The molecule has 1 aromatic heterocycles. The van der Waals surface area contributed by atoms with E-state index in [4.69, 9.17) is 16.6 Å². The number of benzene rings is 1. The van der Waals surface area contributed by atoms with Gasteiger partial charge in [-0.25, -0.2) is 4.98 Å². The fourth-order valence-electron chi connectivity index (χ4n) is 4.90. The Morgan fingerprint density at radius 3 is 2.67 bits per heavy atom. The number of fused-ring (bicyclic) bond motifs is 1. The van der Waals surface area contributed by atoms with Gasteiger partial charge in [0.05, 0.1) is 16.9 Å². The van der Waals surface area contributed by atoms with Gasteiger partial charge < -0.3 is 0 Å². The summed E-state index contributed by atoms with van der Waals surface area (Å²) in [6.45, 7) is 9.59. The Morgan fingerprint density at radius 2 is 1.93 bits per heavy atom. The standard InChI is InChI=1S/C25H38ClN3O/c1-4-10-23(28-16-9-7-8-11-19(6-3)14-17-28)24-27-22-13-12-20(26)18-21(22)25(30)29(24)15-5-2/h12-13,18-19,23H,4-11,14-17H2,1-3H3/t19?,23-/m1/s1. The van der Waals surface area contributed by atoms with Crippen LogP contribution in [-0.4, -0.2) is 27.5 Å². The van der Waals surface area contributed by atoms with E-state index in [2.05, 4.69) is 25.7 Å². The normalized spacial score (nSPS) is 19.9. The van der Waals surface area contributed by atoms with Gasteiger partial charge in [0, 0.05) is 11.6 Å². The van der Waals surface area contributed by atoms with Crippen LogP contribution in [0.1, 0.15) is 90.4 Å². The maximum Gasteiger partial charge on any atom is 0.261 e. The first-order valence-corrected chi connectivity index (χ1v) is 12.4. The third-order valence-corrected chi connectivity index (χ3v) is 6.89. The van der Waals surface area contributed by atoms with Crippen LogP contribution in [0.15, 0.2) is 23.0 Å². The molecule has 4 nitrogen and oxygen atoms in total. The van der Waals surface area contributed by atoms with Crippen LogP contribution in [0.4, 0.5) is 0 Å². The zero-order valence-corrected chi connectivity index (χ0v) is 19.8. The fourth-order valence-corrected chi connectivity index (χ4v) is 5.07. The highest BCUT2D eigenvalue weighted by Gasteiger charge is 2.26. The largest absolute Gasteiger partial charge is 0.295 e. The molecule has 1 aromatic carbocycles. The molecular weight excluding hydrogens is 394 g/mol. The van der Waals surface area contributed by atoms with Gasteiger partial charge >= 0.3 is 0 Å². The smallest absolute Gasteiger partial charge is 0.261 e. The number of nitrogens with zero attached hydrogens (tertiary/aromatic N) is 3. The van der Waals surface area contributed by atoms with E-state index >= 15 is 0 Å². The quantitative estimate of drug-likeness (QED) is 0.496. The SMILES string of the molecule is CCC[C@H](c1nc2ccc(Cl)cc2c(=O)n1CCC)N1CCCCCC(CC)CC1. The zero-order valence-electron chi connectivity index (χ0n) is 19.0. The van der Waals surface area contributed by atoms with Crippen LogP contribution in [0.3, 0.4) is 0 Å². The first kappa shape index (κ1) is 23.3. The van der Waals surface area contributed by atoms with Gasteiger partial charge in [-0.15, -0.1) is 0 Å². The molecule has 1 unspecified atom stereocenters. The van der Waals surface area contributed by atoms with E-state index < -0.39 is 0 Å². The van der Waals surface area contributed by atoms with Crippen molar-refractivity contribution in [3.05, 3.63) is 39.4 Å². The van der Waals surface area contributed by atoms with Crippen molar-refractivity contribution in [3.63, 3.8) is 0 Å². The molecule has 1 aliphatic rings. The van der Waals surface area contributed by atoms with Crippen molar-refractivity contribution in [1.82, 2.24) is 14.5 Å². The van der Waals surface area contributed by atoms with Crippen LogP contribution in [0, 0.1) is 5.92 Å². The molecule has 166 valence electrons. The summed E-state index contributed by atoms with van der Waals surface area (Å²) in [7, 11) is 0. The van der Waals surface area contributed by atoms with Crippen molar-refractivity contribution in [2.75, 3.05) is 13.1 Å². The van der Waals surface area contributed by atoms with E-state index in [-0.39, 0.29) is 11.6 Å². The number of aromatic nitrogens is 2. The molecular formula is C25H38ClN3O. The molecule has 0 spiro atoms. The highest BCUT2D eigenvalue weighted by Crippen LogP contribution is 2.29. The van der Waals surface area contributed by atoms with Gasteiger partial charge in [-0.3, -0.25) is 14.3 Å². The Morgan fingerprint density at radius 1 is 1.10 bits per heavy atom. The second-order valence-electron chi connectivity index (χ2n) is 8.84. The molecule has 2 atom stereocenters. The van der Waals surface area contributed by atoms with E-state index in [1.165, 1.54) is 38.5 Å². The summed E-state index contributed by atoms with van der Waals surface area (Å²) >= 11 is 6.19. The Kier molecular flexibility index (Phi) is 8.76. The van der Waals surface area contributed by atoms with Crippen LogP contribution in [0.2, 0.25) is 5.02 Å². The third-order valence-electron chi connectivity index (χ3n) is 6.65. The number of halogens is 1. The topological polar surface area (TPSA) is 38.1 Å². The predicted molar refractivity (Wildman–Crippen MR) is 127 cm³/mol. The second-order valence-corrected chi connectivity index (χ2v) is 9.28. The van der Waals surface area contributed by atoms with Crippen molar-refractivity contribution < 1.29 is 0 Å². The second kappa shape index (κ2) is 11.3. The molecule has 1 aliphatic heterocycles. The Balaban J connectivity index is 2.06. The van der Waals surface area contributed by atoms with Crippen molar-refractivity contribution in [2.45, 2.75) is 91.1 Å². The lowest BCUT2D eigenvalue weighted by Gasteiger charge is -2.33. The van der Waals surface area contributed by atoms with Crippen LogP contribution in [0.25, 0.3) is 10.9 Å². The van der Waals surface area contributed by atoms with Gasteiger partial charge in [0.15, 0.2) is 0 Å². The van der Waals surface area contributed by atoms with Gasteiger partial charge in [0.1, 0.15) is 5.82 Å². The number of rotatable bonds is 7. The van der Waals surface area contributed by atoms with Crippen LogP contribution >= 0.6 is 11.6 Å². The monoisotopic (exact) mass is 431 g/mol. The van der Waals surface area contributed by atoms with Gasteiger partial charge in [-0.1, -0.05) is 64.5 Å². The van der Waals surface area contributed by atoms with Gasteiger partial charge in [0.2, 0.25) is 0 Å². The predicted octanol–water partition coefficient (Wildman–Crippen LogP) is 6.59. The molecule has 0 amide bonds. The maximum absolute atomic E-state index is 13.4. The summed E-state index contributed by atoms with van der Waals surface area (Å²) in [4.78, 5) is 21.1. The van der Waals surface area contributed by atoms with E-state index in [1.807, 2.05) is 16.7 Å². The molecule has 2 aromatic rings. The number of hydrogen-bond donors (Lipinski definition) is 0. The van der Waals surface area contributed by atoms with Gasteiger partial charge in [0.25, 0.3) is 5.56 Å². The van der Waals surface area contributed by atoms with Crippen molar-refractivity contribution in [3.8, 4) is 0 Å². The molecule has 0 N–H and O–H groups in total. The van der Waals surface area contributed by atoms with E-state index in [1.54, 1.807) is 6.07 Å². The Labute approximate surface area is 186 Å². The lowest BCUT2D eigenvalue weighted by atomic mass is 9.95. The minimum Gasteiger partial charge on any atom is -0.295 e. The zero-order chi connectivity index (χ0) is 21.5. The summed E-state index contributed by atoms with van der Waals surface area (Å²) in [5.74, 6) is 1.77. The van der Waals surface area contributed by atoms with Gasteiger partial charge in [-0.2, -0.15) is 0 Å². The summed E-state index contributed by atoms with van der Waals surface area (Å²) in [6.07, 6.45) is 10.8. The summed E-state index contributed by atoms with van der Waals surface area (Å²) in [6, 6.07) is 5.70. The third kappa shape index (κ3) is 5.45. The van der Waals surface area contributed by atoms with Gasteiger partial charge in [-0.05, 0) is 62.9 Å². The molecule has 0 radical (unpaired) electrons. The highest BCUT2D eigenvalue weighted by molar-refractivity contribution is 6.31. The van der Waals surface area contributed by atoms with Crippen LogP contribution in [0.5, 0.6) is 0 Å². The molecule has 0 aliphatic carbocycles. The average Bonchev–Trinajstić information content (AvgIpc) is 2.86. The van der Waals surface area contributed by atoms with Crippen molar-refractivity contribution in [2.24, 2.45) is 5.92 Å². The van der Waals surface area contributed by atoms with Crippen LogP contribution < -0.4 is 5.56 Å². The maximum atomic E-state index is 13.4. The first-order chi connectivity index (χ1) is 14.6. The van der Waals surface area contributed by atoms with E-state index in [0.29, 0.717) is 17.0 Å². The highest BCUT2D eigenvalue weighted by atomic mass is 35.5. The molecule has 2 heterocycles. The Bertz CT molecular complexity index is 879. The fraction of sp³-hybridized carbons (Fsp3) is 0.680. The average molecular weight is 432 g/mol. The lowest BCUT2D eigenvalue weighted by molar-refractivity contribution is 0.163. The molecule has 0 bridgehead atoms. The van der Waals surface area contributed by atoms with Crippen LogP contribution in [-0.2, 0) is 6.54 Å². The molecule has 5 heteroatoms. The minimum absolute atomic E-state index is 0.0520. The molecule has 3 rings (SSSR count).